The predicted octanol–water partition coefficient (Wildman–Crippen LogP) is 4.73. The van der Waals surface area contributed by atoms with Gasteiger partial charge in [-0.2, -0.15) is 0 Å². The molecule has 0 aromatic heterocycles. The zero-order valence-electron chi connectivity index (χ0n) is 12.9. The van der Waals surface area contributed by atoms with E-state index in [0.717, 1.165) is 17.2 Å². The lowest BCUT2D eigenvalue weighted by molar-refractivity contribution is -0.114. The molecule has 0 aliphatic heterocycles. The molecule has 0 bridgehead atoms. The van der Waals surface area contributed by atoms with Crippen molar-refractivity contribution in [2.75, 3.05) is 5.32 Å². The molecule has 2 aromatic carbocycles. The van der Waals surface area contributed by atoms with Gasteiger partial charge in [-0.1, -0.05) is 32.9 Å². The molecule has 0 fully saturated rings. The Morgan fingerprint density at radius 3 is 1.81 bits per heavy atom. The molecule has 0 unspecified atom stereocenters. The molecular weight excluding hydrogens is 262 g/mol. The molecule has 0 aliphatic carbocycles. The maximum Gasteiger partial charge on any atom is 0.221 e. The largest absolute Gasteiger partial charge is 0.457 e. The fraction of sp³-hybridized carbons (Fsp3) is 0.278. The molecule has 0 saturated carbocycles. The smallest absolute Gasteiger partial charge is 0.221 e. The van der Waals surface area contributed by atoms with E-state index in [2.05, 4.69) is 38.2 Å². The Kier molecular flexibility index (Phi) is 4.32. The van der Waals surface area contributed by atoms with Crippen LogP contribution in [0, 0.1) is 0 Å². The van der Waals surface area contributed by atoms with Crippen molar-refractivity contribution in [3.63, 3.8) is 0 Å². The van der Waals surface area contributed by atoms with Crippen molar-refractivity contribution in [1.29, 1.82) is 0 Å². The second-order valence-electron chi connectivity index (χ2n) is 6.08. The van der Waals surface area contributed by atoms with Crippen molar-refractivity contribution in [2.24, 2.45) is 0 Å². The summed E-state index contributed by atoms with van der Waals surface area (Å²) in [5.41, 5.74) is 2.17. The highest BCUT2D eigenvalue weighted by molar-refractivity contribution is 5.88. The number of carbonyl (C=O) groups is 1. The van der Waals surface area contributed by atoms with Crippen molar-refractivity contribution < 1.29 is 9.53 Å². The maximum atomic E-state index is 11.0. The zero-order valence-corrected chi connectivity index (χ0v) is 12.9. The van der Waals surface area contributed by atoms with Crippen LogP contribution in [0.3, 0.4) is 0 Å². The van der Waals surface area contributed by atoms with Gasteiger partial charge in [-0.05, 0) is 47.4 Å². The molecule has 0 heterocycles. The van der Waals surface area contributed by atoms with Crippen LogP contribution >= 0.6 is 0 Å². The van der Waals surface area contributed by atoms with Gasteiger partial charge in [-0.25, -0.2) is 0 Å². The van der Waals surface area contributed by atoms with Crippen molar-refractivity contribution in [2.45, 2.75) is 33.1 Å². The number of nitrogens with one attached hydrogen (secondary N) is 1. The van der Waals surface area contributed by atoms with E-state index < -0.39 is 0 Å². The van der Waals surface area contributed by atoms with E-state index in [1.807, 2.05) is 36.4 Å². The number of anilines is 1. The summed E-state index contributed by atoms with van der Waals surface area (Å²) >= 11 is 0. The van der Waals surface area contributed by atoms with Crippen LogP contribution in [0.25, 0.3) is 0 Å². The Hall–Kier alpha value is -2.29. The third-order valence-corrected chi connectivity index (χ3v) is 3.13. The Bertz CT molecular complexity index is 607. The Morgan fingerprint density at radius 1 is 0.905 bits per heavy atom. The molecule has 0 saturated heterocycles. The third-order valence-electron chi connectivity index (χ3n) is 3.13. The van der Waals surface area contributed by atoms with Crippen LogP contribution in [0.4, 0.5) is 5.69 Å². The van der Waals surface area contributed by atoms with Gasteiger partial charge in [0, 0.05) is 12.6 Å². The van der Waals surface area contributed by atoms with Crippen LogP contribution in [-0.2, 0) is 10.2 Å². The maximum absolute atomic E-state index is 11.0. The summed E-state index contributed by atoms with van der Waals surface area (Å²) in [6.07, 6.45) is 0. The molecule has 21 heavy (non-hydrogen) atoms. The van der Waals surface area contributed by atoms with Gasteiger partial charge < -0.3 is 10.1 Å². The molecule has 0 spiro atoms. The molecule has 0 atom stereocenters. The molecule has 0 radical (unpaired) electrons. The molecule has 2 aromatic rings. The minimum atomic E-state index is -0.0820. The second kappa shape index (κ2) is 6.00. The van der Waals surface area contributed by atoms with Gasteiger partial charge in [0.25, 0.3) is 0 Å². The lowest BCUT2D eigenvalue weighted by Crippen LogP contribution is -2.10. The Labute approximate surface area is 126 Å². The number of hydrogen-bond donors (Lipinski definition) is 1. The lowest BCUT2D eigenvalue weighted by atomic mass is 9.87. The van der Waals surface area contributed by atoms with Gasteiger partial charge in [-0.3, -0.25) is 4.79 Å². The molecule has 1 amide bonds. The van der Waals surface area contributed by atoms with Crippen LogP contribution in [0.15, 0.2) is 48.5 Å². The van der Waals surface area contributed by atoms with Gasteiger partial charge in [0.15, 0.2) is 0 Å². The Morgan fingerprint density at radius 2 is 1.38 bits per heavy atom. The summed E-state index contributed by atoms with van der Waals surface area (Å²) in [7, 11) is 0. The lowest BCUT2D eigenvalue weighted by Gasteiger charge is -2.19. The number of carbonyl (C=O) groups excluding carboxylic acids is 1. The van der Waals surface area contributed by atoms with E-state index >= 15 is 0 Å². The van der Waals surface area contributed by atoms with Crippen molar-refractivity contribution >= 4 is 11.6 Å². The highest BCUT2D eigenvalue weighted by atomic mass is 16.5. The fourth-order valence-electron chi connectivity index (χ4n) is 1.97. The molecule has 3 heteroatoms. The average Bonchev–Trinajstić information content (AvgIpc) is 2.40. The van der Waals surface area contributed by atoms with Gasteiger partial charge in [0.2, 0.25) is 5.91 Å². The van der Waals surface area contributed by atoms with Gasteiger partial charge in [0.1, 0.15) is 11.5 Å². The van der Waals surface area contributed by atoms with Crippen LogP contribution < -0.4 is 10.1 Å². The van der Waals surface area contributed by atoms with Gasteiger partial charge in [-0.15, -0.1) is 0 Å². The number of rotatable bonds is 3. The van der Waals surface area contributed by atoms with Crippen molar-refractivity contribution in [1.82, 2.24) is 0 Å². The molecule has 1 N–H and O–H groups in total. The highest BCUT2D eigenvalue weighted by Gasteiger charge is 2.13. The van der Waals surface area contributed by atoms with E-state index in [-0.39, 0.29) is 11.3 Å². The summed E-state index contributed by atoms with van der Waals surface area (Å²) in [6, 6.07) is 15.4. The first-order valence-electron chi connectivity index (χ1n) is 7.01. The summed E-state index contributed by atoms with van der Waals surface area (Å²) in [6.45, 7) is 8.04. The third kappa shape index (κ3) is 4.35. The van der Waals surface area contributed by atoms with E-state index in [0.29, 0.717) is 0 Å². The van der Waals surface area contributed by atoms with Crippen LogP contribution in [0.5, 0.6) is 11.5 Å². The first kappa shape index (κ1) is 15.1. The van der Waals surface area contributed by atoms with Gasteiger partial charge in [0.05, 0.1) is 0 Å². The van der Waals surface area contributed by atoms with Crippen molar-refractivity contribution in [3.8, 4) is 11.5 Å². The molecule has 2 rings (SSSR count). The van der Waals surface area contributed by atoms with E-state index in [4.69, 9.17) is 4.74 Å². The standard InChI is InChI=1S/C18H21NO2/c1-13(20)19-15-7-11-17(12-8-15)21-16-9-5-14(6-10-16)18(2,3)4/h5-12H,1-4H3,(H,19,20). The summed E-state index contributed by atoms with van der Waals surface area (Å²) in [4.78, 5) is 11.0. The van der Waals surface area contributed by atoms with Crippen LogP contribution in [0.1, 0.15) is 33.3 Å². The van der Waals surface area contributed by atoms with E-state index in [1.54, 1.807) is 0 Å². The molecular formula is C18H21NO2. The van der Waals surface area contributed by atoms with E-state index in [1.165, 1.54) is 12.5 Å². The quantitative estimate of drug-likeness (QED) is 0.884. The number of benzene rings is 2. The molecule has 0 aliphatic rings. The first-order chi connectivity index (χ1) is 9.84. The number of amides is 1. The van der Waals surface area contributed by atoms with Crippen molar-refractivity contribution in [3.05, 3.63) is 54.1 Å². The molecule has 110 valence electrons. The first-order valence-corrected chi connectivity index (χ1v) is 7.01. The Balaban J connectivity index is 2.06. The fourth-order valence-corrected chi connectivity index (χ4v) is 1.97. The van der Waals surface area contributed by atoms with Crippen LogP contribution in [-0.4, -0.2) is 5.91 Å². The topological polar surface area (TPSA) is 38.3 Å². The minimum Gasteiger partial charge on any atom is -0.457 e. The number of hydrogen-bond acceptors (Lipinski definition) is 2. The van der Waals surface area contributed by atoms with Gasteiger partial charge >= 0.3 is 0 Å². The summed E-state index contributed by atoms with van der Waals surface area (Å²) in [5.74, 6) is 1.46. The van der Waals surface area contributed by atoms with Crippen LogP contribution in [0.2, 0.25) is 0 Å². The van der Waals surface area contributed by atoms with E-state index in [9.17, 15) is 4.79 Å². The normalized spacial score (nSPS) is 11.0. The average molecular weight is 283 g/mol. The summed E-state index contributed by atoms with van der Waals surface area (Å²) in [5, 5.41) is 2.73. The predicted molar refractivity (Wildman–Crippen MR) is 86.0 cm³/mol. The number of ether oxygens (including phenoxy) is 1. The second-order valence-corrected chi connectivity index (χ2v) is 6.08. The molecule has 3 nitrogen and oxygen atoms in total. The zero-order chi connectivity index (χ0) is 15.5. The highest BCUT2D eigenvalue weighted by Crippen LogP contribution is 2.27. The monoisotopic (exact) mass is 283 g/mol. The SMILES string of the molecule is CC(=O)Nc1ccc(Oc2ccc(C(C)(C)C)cc2)cc1. The summed E-state index contributed by atoms with van der Waals surface area (Å²) < 4.78 is 5.79. The minimum absolute atomic E-state index is 0.0820.